The number of nitrogens with one attached hydrogen (secondary N) is 1. The SMILES string of the molecule is C=CCn1c(COc2ccc(C)cc2)nnc1SCC(=O)Nc1cc(C(F)(F)F)ccc1Cl. The van der Waals surface area contributed by atoms with Crippen LogP contribution in [-0.2, 0) is 24.1 Å². The molecule has 0 aliphatic rings. The molecule has 0 atom stereocenters. The lowest BCUT2D eigenvalue weighted by atomic mass is 10.2. The first-order chi connectivity index (χ1) is 15.7. The van der Waals surface area contributed by atoms with Gasteiger partial charge >= 0.3 is 6.18 Å². The van der Waals surface area contributed by atoms with Crippen molar-refractivity contribution in [2.45, 2.75) is 31.4 Å². The Kier molecular flexibility index (Phi) is 8.04. The quantitative estimate of drug-likeness (QED) is 0.301. The van der Waals surface area contributed by atoms with E-state index in [1.807, 2.05) is 31.2 Å². The number of ether oxygens (including phenoxy) is 1. The second-order valence-corrected chi connectivity index (χ2v) is 8.28. The van der Waals surface area contributed by atoms with Gasteiger partial charge < -0.3 is 10.1 Å². The molecule has 1 aromatic heterocycles. The summed E-state index contributed by atoms with van der Waals surface area (Å²) < 4.78 is 46.3. The highest BCUT2D eigenvalue weighted by molar-refractivity contribution is 7.99. The monoisotopic (exact) mass is 496 g/mol. The largest absolute Gasteiger partial charge is 0.486 e. The van der Waals surface area contributed by atoms with Crippen molar-refractivity contribution in [3.05, 3.63) is 77.1 Å². The number of carbonyl (C=O) groups excluding carboxylic acids is 1. The second kappa shape index (κ2) is 10.8. The van der Waals surface area contributed by atoms with Crippen molar-refractivity contribution in [3.8, 4) is 5.75 Å². The molecule has 2 aromatic carbocycles. The fraction of sp³-hybridized carbons (Fsp3) is 0.227. The number of alkyl halides is 3. The van der Waals surface area contributed by atoms with Crippen molar-refractivity contribution < 1.29 is 22.7 Å². The number of nitrogens with zero attached hydrogens (tertiary/aromatic N) is 3. The van der Waals surface area contributed by atoms with E-state index in [1.165, 1.54) is 0 Å². The maximum absolute atomic E-state index is 12.9. The Morgan fingerprint density at radius 1 is 1.24 bits per heavy atom. The lowest BCUT2D eigenvalue weighted by Crippen LogP contribution is -2.16. The third-order valence-electron chi connectivity index (χ3n) is 4.39. The number of hydrogen-bond acceptors (Lipinski definition) is 5. The summed E-state index contributed by atoms with van der Waals surface area (Å²) >= 11 is 7.01. The van der Waals surface area contributed by atoms with Gasteiger partial charge in [0.1, 0.15) is 12.4 Å². The van der Waals surface area contributed by atoms with Crippen LogP contribution in [0.15, 0.2) is 60.3 Å². The minimum Gasteiger partial charge on any atom is -0.486 e. The average molecular weight is 497 g/mol. The molecule has 1 amide bonds. The molecule has 0 radical (unpaired) electrons. The number of allylic oxidation sites excluding steroid dienone is 1. The van der Waals surface area contributed by atoms with E-state index in [1.54, 1.807) is 10.6 Å². The first kappa shape index (κ1) is 24.7. The molecule has 0 unspecified atom stereocenters. The summed E-state index contributed by atoms with van der Waals surface area (Å²) in [6, 6.07) is 10.3. The number of thioether (sulfide) groups is 1. The predicted molar refractivity (Wildman–Crippen MR) is 122 cm³/mol. The standard InChI is InChI=1S/C22H20ClF3N4O2S/c1-3-10-30-19(12-32-16-7-4-14(2)5-8-16)28-29-21(30)33-13-20(31)27-18-11-15(22(24,25)26)6-9-17(18)23/h3-9,11H,1,10,12-13H2,2H3,(H,27,31). The smallest absolute Gasteiger partial charge is 0.416 e. The van der Waals surface area contributed by atoms with Gasteiger partial charge in [-0.3, -0.25) is 9.36 Å². The van der Waals surface area contributed by atoms with E-state index in [0.29, 0.717) is 23.3 Å². The lowest BCUT2D eigenvalue weighted by molar-refractivity contribution is -0.137. The summed E-state index contributed by atoms with van der Waals surface area (Å²) in [4.78, 5) is 12.3. The van der Waals surface area contributed by atoms with Crippen LogP contribution in [0.3, 0.4) is 0 Å². The molecule has 1 heterocycles. The molecule has 174 valence electrons. The van der Waals surface area contributed by atoms with Crippen LogP contribution in [0.5, 0.6) is 5.75 Å². The summed E-state index contributed by atoms with van der Waals surface area (Å²) in [7, 11) is 0. The average Bonchev–Trinajstić information content (AvgIpc) is 3.14. The first-order valence-corrected chi connectivity index (χ1v) is 11.1. The second-order valence-electron chi connectivity index (χ2n) is 6.93. The molecule has 6 nitrogen and oxygen atoms in total. The Bertz CT molecular complexity index is 1130. The van der Waals surface area contributed by atoms with Gasteiger partial charge in [-0.1, -0.05) is 47.1 Å². The van der Waals surface area contributed by atoms with Gasteiger partial charge in [0, 0.05) is 6.54 Å². The zero-order chi connectivity index (χ0) is 24.0. The Hall–Kier alpha value is -2.98. The topological polar surface area (TPSA) is 69.0 Å². The predicted octanol–water partition coefficient (Wildman–Crippen LogP) is 5.75. The van der Waals surface area contributed by atoms with Crippen LogP contribution in [0, 0.1) is 6.92 Å². The highest BCUT2D eigenvalue weighted by Gasteiger charge is 2.31. The van der Waals surface area contributed by atoms with Crippen molar-refractivity contribution >= 4 is 35.0 Å². The minimum absolute atomic E-state index is 0.00622. The maximum atomic E-state index is 12.9. The molecule has 0 bridgehead atoms. The lowest BCUT2D eigenvalue weighted by Gasteiger charge is -2.12. The number of rotatable bonds is 9. The molecule has 0 fully saturated rings. The molecule has 11 heteroatoms. The molecule has 0 aliphatic carbocycles. The van der Waals surface area contributed by atoms with Crippen LogP contribution in [0.2, 0.25) is 5.02 Å². The van der Waals surface area contributed by atoms with Crippen LogP contribution in [0.1, 0.15) is 17.0 Å². The van der Waals surface area contributed by atoms with E-state index >= 15 is 0 Å². The fourth-order valence-electron chi connectivity index (χ4n) is 2.74. The summed E-state index contributed by atoms with van der Waals surface area (Å²) in [5.74, 6) is 0.576. The Morgan fingerprint density at radius 2 is 1.97 bits per heavy atom. The van der Waals surface area contributed by atoms with E-state index in [4.69, 9.17) is 16.3 Å². The van der Waals surface area contributed by atoms with E-state index in [9.17, 15) is 18.0 Å². The van der Waals surface area contributed by atoms with E-state index < -0.39 is 17.6 Å². The molecule has 0 aliphatic heterocycles. The van der Waals surface area contributed by atoms with E-state index in [0.717, 1.165) is 35.5 Å². The zero-order valence-corrected chi connectivity index (χ0v) is 19.1. The van der Waals surface area contributed by atoms with Gasteiger partial charge in [0.2, 0.25) is 5.91 Å². The molecule has 3 rings (SSSR count). The summed E-state index contributed by atoms with van der Waals surface area (Å²) in [5.41, 5.74) is 0.0937. The third-order valence-corrected chi connectivity index (χ3v) is 5.69. The van der Waals surface area contributed by atoms with Crippen molar-refractivity contribution in [2.75, 3.05) is 11.1 Å². The van der Waals surface area contributed by atoms with Crippen molar-refractivity contribution in [2.24, 2.45) is 0 Å². The number of amides is 1. The van der Waals surface area contributed by atoms with Crippen molar-refractivity contribution in [3.63, 3.8) is 0 Å². The minimum atomic E-state index is -4.54. The van der Waals surface area contributed by atoms with Crippen LogP contribution in [-0.4, -0.2) is 26.4 Å². The van der Waals surface area contributed by atoms with E-state index in [-0.39, 0.29) is 23.1 Å². The van der Waals surface area contributed by atoms with Gasteiger partial charge in [-0.15, -0.1) is 16.8 Å². The summed E-state index contributed by atoms with van der Waals surface area (Å²) in [6.45, 7) is 6.25. The van der Waals surface area contributed by atoms with Gasteiger partial charge in [0.15, 0.2) is 11.0 Å². The van der Waals surface area contributed by atoms with E-state index in [2.05, 4.69) is 22.1 Å². The van der Waals surface area contributed by atoms with Gasteiger partial charge in [0.25, 0.3) is 0 Å². The molecule has 0 saturated carbocycles. The first-order valence-electron chi connectivity index (χ1n) is 9.69. The number of aryl methyl sites for hydroxylation is 1. The third kappa shape index (κ3) is 6.75. The number of aromatic nitrogens is 3. The maximum Gasteiger partial charge on any atom is 0.416 e. The summed E-state index contributed by atoms with van der Waals surface area (Å²) in [6.07, 6.45) is -2.89. The van der Waals surface area contributed by atoms with Crippen molar-refractivity contribution in [1.29, 1.82) is 0 Å². The Morgan fingerprint density at radius 3 is 2.64 bits per heavy atom. The number of anilines is 1. The highest BCUT2D eigenvalue weighted by atomic mass is 35.5. The molecular weight excluding hydrogens is 477 g/mol. The normalized spacial score (nSPS) is 11.3. The van der Waals surface area contributed by atoms with Gasteiger partial charge in [0.05, 0.1) is 22.0 Å². The van der Waals surface area contributed by atoms with Gasteiger partial charge in [-0.2, -0.15) is 13.2 Å². The number of hydrogen-bond donors (Lipinski definition) is 1. The number of benzene rings is 2. The van der Waals surface area contributed by atoms with Crippen LogP contribution in [0.4, 0.5) is 18.9 Å². The molecular formula is C22H20ClF3N4O2S. The fourth-order valence-corrected chi connectivity index (χ4v) is 3.67. The van der Waals surface area contributed by atoms with Crippen molar-refractivity contribution in [1.82, 2.24) is 14.8 Å². The molecule has 33 heavy (non-hydrogen) atoms. The number of halogens is 4. The molecule has 0 spiro atoms. The number of carbonyl (C=O) groups is 1. The summed E-state index contributed by atoms with van der Waals surface area (Å²) in [5, 5.41) is 11.1. The zero-order valence-electron chi connectivity index (χ0n) is 17.5. The van der Waals surface area contributed by atoms with Crippen LogP contribution < -0.4 is 10.1 Å². The molecule has 1 N–H and O–H groups in total. The van der Waals surface area contributed by atoms with Crippen LogP contribution >= 0.6 is 23.4 Å². The molecule has 0 saturated heterocycles. The van der Waals surface area contributed by atoms with Crippen LogP contribution in [0.25, 0.3) is 0 Å². The molecule has 3 aromatic rings. The van der Waals surface area contributed by atoms with Gasteiger partial charge in [-0.05, 0) is 37.3 Å². The Labute approximate surface area is 197 Å². The van der Waals surface area contributed by atoms with Gasteiger partial charge in [-0.25, -0.2) is 0 Å². The highest BCUT2D eigenvalue weighted by Crippen LogP contribution is 2.34. The Balaban J connectivity index is 1.64.